The van der Waals surface area contributed by atoms with Gasteiger partial charge in [-0.2, -0.15) is 0 Å². The number of esters is 1. The number of phenols is 1. The number of hydrogen-bond acceptors (Lipinski definition) is 5. The molecular formula is C15H14O5S. The molecule has 1 N–H and O–H groups in total. The molecular weight excluding hydrogens is 292 g/mol. The minimum absolute atomic E-state index is 0.154. The van der Waals surface area contributed by atoms with Crippen molar-refractivity contribution in [1.29, 1.82) is 0 Å². The summed E-state index contributed by atoms with van der Waals surface area (Å²) in [7, 11) is -2.37. The van der Waals surface area contributed by atoms with E-state index in [2.05, 4.69) is 4.74 Å². The van der Waals surface area contributed by atoms with Crippen molar-refractivity contribution in [3.8, 4) is 5.75 Å². The van der Waals surface area contributed by atoms with E-state index < -0.39 is 21.6 Å². The zero-order chi connectivity index (χ0) is 15.5. The van der Waals surface area contributed by atoms with Gasteiger partial charge in [0.05, 0.1) is 23.3 Å². The summed E-state index contributed by atoms with van der Waals surface area (Å²) >= 11 is 0. The molecule has 0 saturated heterocycles. The molecule has 6 heteroatoms. The maximum Gasteiger partial charge on any atom is 0.337 e. The summed E-state index contributed by atoms with van der Waals surface area (Å²) in [6.07, 6.45) is 0. The van der Waals surface area contributed by atoms with E-state index in [1.165, 1.54) is 37.4 Å². The largest absolute Gasteiger partial charge is 0.508 e. The molecule has 2 aromatic rings. The molecule has 0 atom stereocenters. The number of aromatic hydroxyl groups is 1. The number of benzene rings is 2. The molecule has 0 heterocycles. The second kappa shape index (κ2) is 5.97. The van der Waals surface area contributed by atoms with Crippen molar-refractivity contribution in [3.05, 3.63) is 59.7 Å². The van der Waals surface area contributed by atoms with Gasteiger partial charge in [0, 0.05) is 5.56 Å². The van der Waals surface area contributed by atoms with Crippen LogP contribution in [-0.4, -0.2) is 26.6 Å². The van der Waals surface area contributed by atoms with Crippen molar-refractivity contribution >= 4 is 15.8 Å². The van der Waals surface area contributed by atoms with Gasteiger partial charge in [-0.05, 0) is 30.3 Å². The number of sulfone groups is 1. The topological polar surface area (TPSA) is 80.7 Å². The Morgan fingerprint density at radius 3 is 2.43 bits per heavy atom. The highest BCUT2D eigenvalue weighted by molar-refractivity contribution is 7.90. The van der Waals surface area contributed by atoms with Crippen LogP contribution < -0.4 is 0 Å². The van der Waals surface area contributed by atoms with E-state index in [4.69, 9.17) is 0 Å². The molecule has 0 aliphatic carbocycles. The van der Waals surface area contributed by atoms with Crippen LogP contribution in [0.25, 0.3) is 0 Å². The van der Waals surface area contributed by atoms with E-state index in [-0.39, 0.29) is 21.8 Å². The van der Waals surface area contributed by atoms with Gasteiger partial charge in [0.15, 0.2) is 9.84 Å². The molecule has 0 spiro atoms. The summed E-state index contributed by atoms with van der Waals surface area (Å²) in [6.45, 7) is 0. The van der Waals surface area contributed by atoms with E-state index in [1.54, 1.807) is 18.2 Å². The minimum Gasteiger partial charge on any atom is -0.508 e. The van der Waals surface area contributed by atoms with E-state index in [0.29, 0.717) is 0 Å². The molecule has 110 valence electrons. The summed E-state index contributed by atoms with van der Waals surface area (Å²) in [6, 6.07) is 11.9. The number of carbonyl (C=O) groups excluding carboxylic acids is 1. The van der Waals surface area contributed by atoms with Crippen molar-refractivity contribution < 1.29 is 23.1 Å². The fourth-order valence-corrected chi connectivity index (χ4v) is 3.24. The number of rotatable bonds is 4. The summed E-state index contributed by atoms with van der Waals surface area (Å²) < 4.78 is 29.1. The number of ether oxygens (including phenoxy) is 1. The van der Waals surface area contributed by atoms with Gasteiger partial charge in [-0.1, -0.05) is 18.2 Å². The van der Waals surface area contributed by atoms with Crippen LogP contribution in [0.1, 0.15) is 15.9 Å². The van der Waals surface area contributed by atoms with Crippen molar-refractivity contribution in [2.45, 2.75) is 10.6 Å². The summed E-state index contributed by atoms with van der Waals surface area (Å²) in [4.78, 5) is 11.6. The molecule has 21 heavy (non-hydrogen) atoms. The van der Waals surface area contributed by atoms with Gasteiger partial charge >= 0.3 is 5.97 Å². The van der Waals surface area contributed by atoms with E-state index >= 15 is 0 Å². The van der Waals surface area contributed by atoms with Gasteiger partial charge in [0.1, 0.15) is 5.75 Å². The lowest BCUT2D eigenvalue weighted by atomic mass is 10.1. The summed E-state index contributed by atoms with van der Waals surface area (Å²) in [5.41, 5.74) is 0.343. The minimum atomic E-state index is -3.60. The Balaban J connectivity index is 2.37. The van der Waals surface area contributed by atoms with Crippen molar-refractivity contribution in [1.82, 2.24) is 0 Å². The molecule has 5 nitrogen and oxygen atoms in total. The van der Waals surface area contributed by atoms with Gasteiger partial charge in [-0.15, -0.1) is 0 Å². The first-order valence-corrected chi connectivity index (χ1v) is 7.77. The third-order valence-corrected chi connectivity index (χ3v) is 4.63. The lowest BCUT2D eigenvalue weighted by Gasteiger charge is -2.08. The van der Waals surface area contributed by atoms with Gasteiger partial charge in [-0.3, -0.25) is 0 Å². The Morgan fingerprint density at radius 1 is 1.14 bits per heavy atom. The van der Waals surface area contributed by atoms with E-state index in [9.17, 15) is 18.3 Å². The van der Waals surface area contributed by atoms with Crippen LogP contribution in [-0.2, 0) is 20.3 Å². The lowest BCUT2D eigenvalue weighted by molar-refractivity contribution is 0.0600. The molecule has 2 rings (SSSR count). The van der Waals surface area contributed by atoms with Crippen LogP contribution in [0.5, 0.6) is 5.75 Å². The Bertz CT molecular complexity index is 751. The molecule has 0 aliphatic rings. The molecule has 0 fully saturated rings. The van der Waals surface area contributed by atoms with Crippen LogP contribution in [0.15, 0.2) is 53.4 Å². The number of phenolic OH excluding ortho intramolecular Hbond substituents is 1. The predicted octanol–water partition coefficient (Wildman–Crippen LogP) is 2.15. The molecule has 0 aromatic heterocycles. The average Bonchev–Trinajstić information content (AvgIpc) is 2.49. The fraction of sp³-hybridized carbons (Fsp3) is 0.133. The molecule has 2 aromatic carbocycles. The average molecular weight is 306 g/mol. The third-order valence-electron chi connectivity index (χ3n) is 2.95. The zero-order valence-electron chi connectivity index (χ0n) is 11.3. The van der Waals surface area contributed by atoms with Crippen LogP contribution in [0.3, 0.4) is 0 Å². The standard InChI is InChI=1S/C15H14O5S/c1-20-15(17)11-7-8-14(16)12(9-11)10-21(18,19)13-5-3-2-4-6-13/h2-9,16H,10H2,1H3. The first-order chi connectivity index (χ1) is 9.94. The van der Waals surface area contributed by atoms with Crippen LogP contribution in [0, 0.1) is 0 Å². The van der Waals surface area contributed by atoms with Gasteiger partial charge in [0.2, 0.25) is 0 Å². The maximum absolute atomic E-state index is 12.3. The SMILES string of the molecule is COC(=O)c1ccc(O)c(CS(=O)(=O)c2ccccc2)c1. The van der Waals surface area contributed by atoms with Crippen molar-refractivity contribution in [3.63, 3.8) is 0 Å². The second-order valence-electron chi connectivity index (χ2n) is 4.41. The van der Waals surface area contributed by atoms with Crippen molar-refractivity contribution in [2.24, 2.45) is 0 Å². The van der Waals surface area contributed by atoms with Crippen LogP contribution in [0.4, 0.5) is 0 Å². The smallest absolute Gasteiger partial charge is 0.337 e. The highest BCUT2D eigenvalue weighted by atomic mass is 32.2. The molecule has 0 amide bonds. The summed E-state index contributed by atoms with van der Waals surface area (Å²) in [5.74, 6) is -1.16. The number of hydrogen-bond donors (Lipinski definition) is 1. The molecule has 0 radical (unpaired) electrons. The fourth-order valence-electron chi connectivity index (χ4n) is 1.86. The first kappa shape index (κ1) is 15.1. The quantitative estimate of drug-likeness (QED) is 0.875. The van der Waals surface area contributed by atoms with E-state index in [0.717, 1.165) is 0 Å². The molecule has 0 bridgehead atoms. The van der Waals surface area contributed by atoms with Crippen molar-refractivity contribution in [2.75, 3.05) is 7.11 Å². The normalized spacial score (nSPS) is 11.1. The summed E-state index contributed by atoms with van der Waals surface area (Å²) in [5, 5.41) is 9.78. The molecule has 0 unspecified atom stereocenters. The van der Waals surface area contributed by atoms with Gasteiger partial charge < -0.3 is 9.84 Å². The number of carbonyl (C=O) groups is 1. The van der Waals surface area contributed by atoms with Crippen LogP contribution in [0.2, 0.25) is 0 Å². The predicted molar refractivity (Wildman–Crippen MR) is 76.8 cm³/mol. The lowest BCUT2D eigenvalue weighted by Crippen LogP contribution is -2.07. The van der Waals surface area contributed by atoms with Crippen LogP contribution >= 0.6 is 0 Å². The third kappa shape index (κ3) is 3.41. The van der Waals surface area contributed by atoms with Gasteiger partial charge in [-0.25, -0.2) is 13.2 Å². The Morgan fingerprint density at radius 2 is 1.81 bits per heavy atom. The highest BCUT2D eigenvalue weighted by Gasteiger charge is 2.18. The van der Waals surface area contributed by atoms with Gasteiger partial charge in [0.25, 0.3) is 0 Å². The monoisotopic (exact) mass is 306 g/mol. The Kier molecular flexibility index (Phi) is 4.28. The highest BCUT2D eigenvalue weighted by Crippen LogP contribution is 2.24. The molecule has 0 saturated carbocycles. The second-order valence-corrected chi connectivity index (χ2v) is 6.40. The number of methoxy groups -OCH3 is 1. The maximum atomic E-state index is 12.3. The Labute approximate surface area is 122 Å². The first-order valence-electron chi connectivity index (χ1n) is 6.12. The molecule has 0 aliphatic heterocycles. The van der Waals surface area contributed by atoms with E-state index in [1.807, 2.05) is 0 Å². The Hall–Kier alpha value is -2.34. The zero-order valence-corrected chi connectivity index (χ0v) is 12.1.